The standard InChI is InChI=1S/C49H30N4S/c1-4-14-31(15-5-1)35-26-28-42-41(30-35)38-27-29-43-44(40-25-13-24-39(46(40)54-43)37-23-12-21-32-16-10-11-22-36(32)37)45(38)53(42)49-51-47(33-17-6-2-7-18-33)50-48(52-49)34-19-8-3-9-20-34/h1-30H. The van der Waals surface area contributed by atoms with Crippen LogP contribution < -0.4 is 0 Å². The second-order valence-electron chi connectivity index (χ2n) is 13.6. The second-order valence-corrected chi connectivity index (χ2v) is 14.6. The first kappa shape index (κ1) is 30.7. The van der Waals surface area contributed by atoms with E-state index in [2.05, 4.69) is 150 Å². The molecule has 3 aromatic heterocycles. The van der Waals surface area contributed by atoms with E-state index < -0.39 is 0 Å². The van der Waals surface area contributed by atoms with Crippen molar-refractivity contribution >= 4 is 64.1 Å². The molecule has 11 rings (SSSR count). The summed E-state index contributed by atoms with van der Waals surface area (Å²) in [6, 6.07) is 64.4. The molecule has 5 heteroatoms. The van der Waals surface area contributed by atoms with Crippen LogP contribution in [0.1, 0.15) is 0 Å². The van der Waals surface area contributed by atoms with E-state index in [-0.39, 0.29) is 0 Å². The highest BCUT2D eigenvalue weighted by Crippen LogP contribution is 2.47. The summed E-state index contributed by atoms with van der Waals surface area (Å²) in [5, 5.41) is 7.23. The zero-order valence-electron chi connectivity index (χ0n) is 29.0. The van der Waals surface area contributed by atoms with Crippen LogP contribution in [-0.4, -0.2) is 19.5 Å². The normalized spacial score (nSPS) is 11.7. The van der Waals surface area contributed by atoms with Crippen molar-refractivity contribution in [2.75, 3.05) is 0 Å². The number of rotatable bonds is 5. The van der Waals surface area contributed by atoms with Crippen molar-refractivity contribution in [2.45, 2.75) is 0 Å². The van der Waals surface area contributed by atoms with E-state index in [1.807, 2.05) is 47.7 Å². The topological polar surface area (TPSA) is 43.6 Å². The van der Waals surface area contributed by atoms with Crippen molar-refractivity contribution in [2.24, 2.45) is 0 Å². The van der Waals surface area contributed by atoms with Crippen molar-refractivity contribution in [1.82, 2.24) is 19.5 Å². The highest BCUT2D eigenvalue weighted by atomic mass is 32.1. The largest absolute Gasteiger partial charge is 0.277 e. The summed E-state index contributed by atoms with van der Waals surface area (Å²) in [6.07, 6.45) is 0. The Kier molecular flexibility index (Phi) is 7.00. The zero-order chi connectivity index (χ0) is 35.6. The maximum absolute atomic E-state index is 5.27. The van der Waals surface area contributed by atoms with E-state index in [0.29, 0.717) is 17.6 Å². The first-order chi connectivity index (χ1) is 26.8. The Balaban J connectivity index is 1.27. The van der Waals surface area contributed by atoms with Gasteiger partial charge in [0.2, 0.25) is 5.95 Å². The van der Waals surface area contributed by atoms with Gasteiger partial charge >= 0.3 is 0 Å². The molecule has 0 aliphatic rings. The predicted octanol–water partition coefficient (Wildman–Crippen LogP) is 13.2. The van der Waals surface area contributed by atoms with Crippen molar-refractivity contribution < 1.29 is 0 Å². The van der Waals surface area contributed by atoms with Gasteiger partial charge in [0.25, 0.3) is 0 Å². The third kappa shape index (κ3) is 4.86. The number of aromatic nitrogens is 4. The first-order valence-electron chi connectivity index (χ1n) is 18.1. The molecule has 0 radical (unpaired) electrons. The van der Waals surface area contributed by atoms with Crippen molar-refractivity contribution in [3.05, 3.63) is 182 Å². The monoisotopic (exact) mass is 706 g/mol. The molecule has 0 N–H and O–H groups in total. The highest BCUT2D eigenvalue weighted by molar-refractivity contribution is 7.26. The Hall–Kier alpha value is -6.95. The smallest absolute Gasteiger partial charge is 0.238 e. The fraction of sp³-hybridized carbons (Fsp3) is 0. The molecule has 0 atom stereocenters. The minimum Gasteiger partial charge on any atom is -0.277 e. The van der Waals surface area contributed by atoms with Gasteiger partial charge in [0.15, 0.2) is 11.6 Å². The summed E-state index contributed by atoms with van der Waals surface area (Å²) in [5.41, 5.74) is 8.86. The van der Waals surface area contributed by atoms with Crippen LogP contribution in [0.3, 0.4) is 0 Å². The Morgan fingerprint density at radius 2 is 1.02 bits per heavy atom. The average molecular weight is 707 g/mol. The van der Waals surface area contributed by atoms with Crippen molar-refractivity contribution in [3.8, 4) is 51.0 Å². The van der Waals surface area contributed by atoms with Crippen LogP contribution in [0.25, 0.3) is 104 Å². The molecule has 0 unspecified atom stereocenters. The van der Waals surface area contributed by atoms with Crippen LogP contribution in [0.15, 0.2) is 182 Å². The Bertz CT molecular complexity index is 3140. The fourth-order valence-corrected chi connectivity index (χ4v) is 9.21. The summed E-state index contributed by atoms with van der Waals surface area (Å²) in [4.78, 5) is 15.6. The number of thiophene rings is 1. The SMILES string of the molecule is c1ccc(-c2ccc3c(c2)c2ccc4sc5c(-c6cccc7ccccc67)cccc5c4c2n3-c2nc(-c3ccccc3)nc(-c3ccccc3)n2)cc1. The van der Waals surface area contributed by atoms with Gasteiger partial charge in [0.1, 0.15) is 0 Å². The number of nitrogens with zero attached hydrogens (tertiary/aromatic N) is 4. The van der Waals surface area contributed by atoms with Crippen LogP contribution in [0, 0.1) is 0 Å². The molecule has 8 aromatic carbocycles. The molecular weight excluding hydrogens is 677 g/mol. The molecule has 0 aliphatic carbocycles. The quantitative estimate of drug-likeness (QED) is 0.179. The lowest BCUT2D eigenvalue weighted by Gasteiger charge is -2.12. The third-order valence-electron chi connectivity index (χ3n) is 10.5. The van der Waals surface area contributed by atoms with Gasteiger partial charge < -0.3 is 0 Å². The van der Waals surface area contributed by atoms with Crippen molar-refractivity contribution in [1.29, 1.82) is 0 Å². The average Bonchev–Trinajstić information content (AvgIpc) is 3.80. The lowest BCUT2D eigenvalue weighted by atomic mass is 9.96. The molecule has 0 amide bonds. The van der Waals surface area contributed by atoms with Gasteiger partial charge in [-0.25, -0.2) is 4.98 Å². The summed E-state index contributed by atoms with van der Waals surface area (Å²) in [6.45, 7) is 0. The van der Waals surface area contributed by atoms with Crippen LogP contribution >= 0.6 is 11.3 Å². The van der Waals surface area contributed by atoms with Crippen LogP contribution in [-0.2, 0) is 0 Å². The fourth-order valence-electron chi connectivity index (χ4n) is 7.98. The van der Waals surface area contributed by atoms with E-state index in [1.165, 1.54) is 53.2 Å². The van der Waals surface area contributed by atoms with E-state index >= 15 is 0 Å². The number of hydrogen-bond donors (Lipinski definition) is 0. The molecule has 252 valence electrons. The maximum atomic E-state index is 5.27. The number of fused-ring (bicyclic) bond motifs is 8. The summed E-state index contributed by atoms with van der Waals surface area (Å²) in [7, 11) is 0. The first-order valence-corrected chi connectivity index (χ1v) is 18.9. The Labute approximate surface area is 315 Å². The minimum atomic E-state index is 0.590. The number of benzene rings is 8. The van der Waals surface area contributed by atoms with E-state index in [1.54, 1.807) is 0 Å². The second kappa shape index (κ2) is 12.3. The van der Waals surface area contributed by atoms with Gasteiger partial charge in [-0.15, -0.1) is 11.3 Å². The lowest BCUT2D eigenvalue weighted by molar-refractivity contribution is 0.955. The van der Waals surface area contributed by atoms with Crippen LogP contribution in [0.2, 0.25) is 0 Å². The number of hydrogen-bond acceptors (Lipinski definition) is 4. The molecule has 0 saturated carbocycles. The molecular formula is C49H30N4S. The molecule has 11 aromatic rings. The summed E-state index contributed by atoms with van der Waals surface area (Å²) >= 11 is 1.85. The molecule has 54 heavy (non-hydrogen) atoms. The van der Waals surface area contributed by atoms with Gasteiger partial charge in [-0.05, 0) is 45.7 Å². The summed E-state index contributed by atoms with van der Waals surface area (Å²) < 4.78 is 4.76. The zero-order valence-corrected chi connectivity index (χ0v) is 29.8. The predicted molar refractivity (Wildman–Crippen MR) is 226 cm³/mol. The van der Waals surface area contributed by atoms with Gasteiger partial charge in [-0.1, -0.05) is 164 Å². The molecule has 0 fully saturated rings. The van der Waals surface area contributed by atoms with E-state index in [4.69, 9.17) is 15.0 Å². The van der Waals surface area contributed by atoms with Crippen LogP contribution in [0.5, 0.6) is 0 Å². The molecule has 0 spiro atoms. The minimum absolute atomic E-state index is 0.590. The molecule has 0 aliphatic heterocycles. The van der Waals surface area contributed by atoms with Gasteiger partial charge in [-0.2, -0.15) is 9.97 Å². The van der Waals surface area contributed by atoms with Crippen LogP contribution in [0.4, 0.5) is 0 Å². The maximum Gasteiger partial charge on any atom is 0.238 e. The van der Waals surface area contributed by atoms with E-state index in [0.717, 1.165) is 32.9 Å². The molecule has 0 bridgehead atoms. The van der Waals surface area contributed by atoms with Gasteiger partial charge in [0, 0.05) is 47.6 Å². The van der Waals surface area contributed by atoms with E-state index in [9.17, 15) is 0 Å². The van der Waals surface area contributed by atoms with Crippen molar-refractivity contribution in [3.63, 3.8) is 0 Å². The summed E-state index contributed by atoms with van der Waals surface area (Å²) in [5.74, 6) is 1.86. The molecule has 0 saturated heterocycles. The van der Waals surface area contributed by atoms with Gasteiger partial charge in [-0.3, -0.25) is 4.57 Å². The highest BCUT2D eigenvalue weighted by Gasteiger charge is 2.23. The molecule has 3 heterocycles. The molecule has 4 nitrogen and oxygen atoms in total. The van der Waals surface area contributed by atoms with Gasteiger partial charge in [0.05, 0.1) is 11.0 Å². The lowest BCUT2D eigenvalue weighted by Crippen LogP contribution is -2.06. The third-order valence-corrected chi connectivity index (χ3v) is 11.7. The Morgan fingerprint density at radius 1 is 0.407 bits per heavy atom. The Morgan fingerprint density at radius 3 is 1.76 bits per heavy atom.